The Bertz CT molecular complexity index is 527. The predicted octanol–water partition coefficient (Wildman–Crippen LogP) is 2.37. The molecule has 0 spiro atoms. The van der Waals surface area contributed by atoms with Crippen molar-refractivity contribution in [3.8, 4) is 0 Å². The van der Waals surface area contributed by atoms with Crippen LogP contribution in [0.25, 0.3) is 0 Å². The van der Waals surface area contributed by atoms with Crippen LogP contribution in [0.15, 0.2) is 24.3 Å². The van der Waals surface area contributed by atoms with Crippen molar-refractivity contribution in [2.45, 2.75) is 39.2 Å². The van der Waals surface area contributed by atoms with Gasteiger partial charge in [-0.1, -0.05) is 26.7 Å². The Morgan fingerprint density at radius 1 is 1.23 bits per heavy atom. The molecule has 1 aliphatic rings. The first-order chi connectivity index (χ1) is 10.5. The molecular formula is C17H24N2O3. The van der Waals surface area contributed by atoms with Gasteiger partial charge in [0.2, 0.25) is 0 Å². The van der Waals surface area contributed by atoms with E-state index in [1.165, 1.54) is 6.42 Å². The number of ether oxygens (including phenoxy) is 1. The molecule has 3 atom stereocenters. The van der Waals surface area contributed by atoms with Crippen LogP contribution >= 0.6 is 0 Å². The van der Waals surface area contributed by atoms with E-state index < -0.39 is 5.97 Å². The maximum atomic E-state index is 11.9. The Hall–Kier alpha value is -2.04. The van der Waals surface area contributed by atoms with Gasteiger partial charge in [0.1, 0.15) is 0 Å². The van der Waals surface area contributed by atoms with Gasteiger partial charge in [-0.3, -0.25) is 4.79 Å². The van der Waals surface area contributed by atoms with Crippen molar-refractivity contribution in [3.05, 3.63) is 29.8 Å². The summed E-state index contributed by atoms with van der Waals surface area (Å²) in [5.74, 6) is 0.303. The lowest BCUT2D eigenvalue weighted by Crippen LogP contribution is -2.45. The van der Waals surface area contributed by atoms with Crippen molar-refractivity contribution in [2.24, 2.45) is 11.8 Å². The molecule has 0 bridgehead atoms. The average Bonchev–Trinajstić information content (AvgIpc) is 2.50. The monoisotopic (exact) mass is 304 g/mol. The number of nitrogen functional groups attached to an aromatic ring is 1. The molecule has 3 N–H and O–H groups in total. The molecule has 0 aromatic heterocycles. The quantitative estimate of drug-likeness (QED) is 0.661. The fourth-order valence-corrected chi connectivity index (χ4v) is 2.87. The molecule has 5 heteroatoms. The van der Waals surface area contributed by atoms with Gasteiger partial charge >= 0.3 is 5.97 Å². The van der Waals surface area contributed by atoms with E-state index in [4.69, 9.17) is 10.5 Å². The number of hydrogen-bond acceptors (Lipinski definition) is 4. The van der Waals surface area contributed by atoms with Gasteiger partial charge in [0.05, 0.1) is 5.56 Å². The normalized spacial score (nSPS) is 24.5. The lowest BCUT2D eigenvalue weighted by Gasteiger charge is -2.34. The SMILES string of the molecule is C[C@@H]1[C@@H](C)CCC[C@H]1NC(=O)COC(=O)c1ccc(N)cc1. The second kappa shape index (κ2) is 7.29. The molecule has 0 aliphatic heterocycles. The number of esters is 1. The highest BCUT2D eigenvalue weighted by atomic mass is 16.5. The fourth-order valence-electron chi connectivity index (χ4n) is 2.87. The summed E-state index contributed by atoms with van der Waals surface area (Å²) in [5.41, 5.74) is 6.53. The Labute approximate surface area is 131 Å². The number of nitrogens with one attached hydrogen (secondary N) is 1. The summed E-state index contributed by atoms with van der Waals surface area (Å²) >= 11 is 0. The number of anilines is 1. The van der Waals surface area contributed by atoms with Crippen molar-refractivity contribution in [3.63, 3.8) is 0 Å². The molecule has 1 aromatic rings. The summed E-state index contributed by atoms with van der Waals surface area (Å²) in [6.07, 6.45) is 3.32. The van der Waals surface area contributed by atoms with Gasteiger partial charge in [-0.05, 0) is 42.5 Å². The summed E-state index contributed by atoms with van der Waals surface area (Å²) in [7, 11) is 0. The molecule has 1 amide bonds. The summed E-state index contributed by atoms with van der Waals surface area (Å²) in [4.78, 5) is 23.8. The van der Waals surface area contributed by atoms with Crippen molar-refractivity contribution in [2.75, 3.05) is 12.3 Å². The van der Waals surface area contributed by atoms with E-state index >= 15 is 0 Å². The Morgan fingerprint density at radius 3 is 2.59 bits per heavy atom. The molecule has 5 nitrogen and oxygen atoms in total. The van der Waals surface area contributed by atoms with Gasteiger partial charge in [0, 0.05) is 11.7 Å². The third-order valence-corrected chi connectivity index (χ3v) is 4.53. The molecule has 0 unspecified atom stereocenters. The number of carbonyl (C=O) groups excluding carboxylic acids is 2. The molecule has 1 fully saturated rings. The number of amides is 1. The average molecular weight is 304 g/mol. The number of rotatable bonds is 4. The van der Waals surface area contributed by atoms with E-state index in [2.05, 4.69) is 19.2 Å². The zero-order valence-electron chi connectivity index (χ0n) is 13.2. The van der Waals surface area contributed by atoms with E-state index in [-0.39, 0.29) is 18.6 Å². The summed E-state index contributed by atoms with van der Waals surface area (Å²) in [6, 6.07) is 6.59. The Morgan fingerprint density at radius 2 is 1.91 bits per heavy atom. The number of carbonyl (C=O) groups is 2. The molecule has 2 rings (SSSR count). The van der Waals surface area contributed by atoms with E-state index in [1.54, 1.807) is 24.3 Å². The first-order valence-electron chi connectivity index (χ1n) is 7.79. The van der Waals surface area contributed by atoms with Crippen LogP contribution in [0.1, 0.15) is 43.5 Å². The zero-order valence-corrected chi connectivity index (χ0v) is 13.2. The number of benzene rings is 1. The fraction of sp³-hybridized carbons (Fsp3) is 0.529. The molecule has 0 radical (unpaired) electrons. The van der Waals surface area contributed by atoms with Gasteiger partial charge in [-0.25, -0.2) is 4.79 Å². The van der Waals surface area contributed by atoms with Crippen molar-refractivity contribution >= 4 is 17.6 Å². The molecule has 1 aromatic carbocycles. The standard InChI is InChI=1S/C17H24N2O3/c1-11-4-3-5-15(12(11)2)19-16(20)10-22-17(21)13-6-8-14(18)9-7-13/h6-9,11-12,15H,3-5,10,18H2,1-2H3,(H,19,20)/t11-,12+,15+/m0/s1. The van der Waals surface area contributed by atoms with Crippen molar-refractivity contribution < 1.29 is 14.3 Å². The smallest absolute Gasteiger partial charge is 0.338 e. The minimum absolute atomic E-state index is 0.173. The first kappa shape index (κ1) is 16.3. The van der Waals surface area contributed by atoms with E-state index in [0.717, 1.165) is 12.8 Å². The molecule has 22 heavy (non-hydrogen) atoms. The Kier molecular flexibility index (Phi) is 5.41. The van der Waals surface area contributed by atoms with Gasteiger partial charge in [-0.2, -0.15) is 0 Å². The van der Waals surface area contributed by atoms with E-state index in [1.807, 2.05) is 0 Å². The minimum Gasteiger partial charge on any atom is -0.452 e. The molecule has 0 saturated heterocycles. The number of nitrogens with two attached hydrogens (primary N) is 1. The van der Waals surface area contributed by atoms with Crippen molar-refractivity contribution in [1.29, 1.82) is 0 Å². The number of hydrogen-bond donors (Lipinski definition) is 2. The first-order valence-corrected chi connectivity index (χ1v) is 7.79. The molecule has 120 valence electrons. The maximum absolute atomic E-state index is 11.9. The van der Waals surface area contributed by atoms with Crippen LogP contribution in [-0.4, -0.2) is 24.5 Å². The topological polar surface area (TPSA) is 81.4 Å². The maximum Gasteiger partial charge on any atom is 0.338 e. The second-order valence-electron chi connectivity index (χ2n) is 6.14. The molecule has 1 aliphatic carbocycles. The Balaban J connectivity index is 1.80. The third-order valence-electron chi connectivity index (χ3n) is 4.53. The van der Waals surface area contributed by atoms with Crippen molar-refractivity contribution in [1.82, 2.24) is 5.32 Å². The van der Waals surface area contributed by atoms with Gasteiger partial charge in [0.15, 0.2) is 6.61 Å². The lowest BCUT2D eigenvalue weighted by molar-refractivity contribution is -0.125. The minimum atomic E-state index is -0.514. The van der Waals surface area contributed by atoms with Crippen LogP contribution in [0.3, 0.4) is 0 Å². The predicted molar refractivity (Wildman–Crippen MR) is 85.2 cm³/mol. The molecule has 0 heterocycles. The largest absolute Gasteiger partial charge is 0.452 e. The lowest BCUT2D eigenvalue weighted by atomic mass is 9.78. The zero-order chi connectivity index (χ0) is 16.1. The highest BCUT2D eigenvalue weighted by Crippen LogP contribution is 2.29. The van der Waals surface area contributed by atoms with Crippen LogP contribution in [0.5, 0.6) is 0 Å². The van der Waals surface area contributed by atoms with Crippen LogP contribution in [-0.2, 0) is 9.53 Å². The van der Waals surface area contributed by atoms with Crippen LogP contribution in [0.4, 0.5) is 5.69 Å². The van der Waals surface area contributed by atoms with Crippen LogP contribution in [0.2, 0.25) is 0 Å². The summed E-state index contributed by atoms with van der Waals surface area (Å²) in [5, 5.41) is 2.98. The van der Waals surface area contributed by atoms with E-state index in [9.17, 15) is 9.59 Å². The molecular weight excluding hydrogens is 280 g/mol. The van der Waals surface area contributed by atoms with Gasteiger partial charge < -0.3 is 15.8 Å². The van der Waals surface area contributed by atoms with Gasteiger partial charge in [0.25, 0.3) is 5.91 Å². The van der Waals surface area contributed by atoms with Crippen LogP contribution in [0, 0.1) is 11.8 Å². The van der Waals surface area contributed by atoms with Gasteiger partial charge in [-0.15, -0.1) is 0 Å². The summed E-state index contributed by atoms with van der Waals surface area (Å²) < 4.78 is 5.04. The van der Waals surface area contributed by atoms with Crippen LogP contribution < -0.4 is 11.1 Å². The van der Waals surface area contributed by atoms with E-state index in [0.29, 0.717) is 23.1 Å². The third kappa shape index (κ3) is 4.23. The summed E-state index contributed by atoms with van der Waals surface area (Å²) in [6.45, 7) is 4.13. The molecule has 1 saturated carbocycles. The second-order valence-corrected chi connectivity index (χ2v) is 6.14. The highest BCUT2D eigenvalue weighted by molar-refractivity contribution is 5.91. The highest BCUT2D eigenvalue weighted by Gasteiger charge is 2.28.